The van der Waals surface area contributed by atoms with Gasteiger partial charge in [-0.25, -0.2) is 9.59 Å². The summed E-state index contributed by atoms with van der Waals surface area (Å²) in [7, 11) is 0. The zero-order valence-electron chi connectivity index (χ0n) is 15.1. The number of carbonyl (C=O) groups is 2. The Morgan fingerprint density at radius 1 is 1.24 bits per heavy atom. The van der Waals surface area contributed by atoms with Crippen molar-refractivity contribution in [2.24, 2.45) is 0 Å². The normalized spacial score (nSPS) is 13.5. The Balaban J connectivity index is 2.67. The molecule has 1 N–H and O–H groups in total. The number of rotatable bonds is 6. The maximum Gasteiger partial charge on any atom is 0.408 e. The number of hydrogen-bond donors (Lipinski definition) is 1. The number of esters is 1. The molecule has 0 bridgehead atoms. The number of benzene rings is 1. The SMILES string of the molecule is CCC(NC(=O)OC(C)(C)C)C(C)OC(=O)c1ccc([N+](=O)[O-])cc1. The van der Waals surface area contributed by atoms with Crippen LogP contribution in [0, 0.1) is 10.1 Å². The lowest BCUT2D eigenvalue weighted by molar-refractivity contribution is -0.384. The molecule has 0 aromatic heterocycles. The zero-order chi connectivity index (χ0) is 19.2. The first kappa shape index (κ1) is 20.4. The van der Waals surface area contributed by atoms with E-state index < -0.39 is 34.7 Å². The van der Waals surface area contributed by atoms with Crippen LogP contribution in [0.1, 0.15) is 51.4 Å². The fraction of sp³-hybridized carbons (Fsp3) is 0.529. The van der Waals surface area contributed by atoms with Crippen molar-refractivity contribution in [3.05, 3.63) is 39.9 Å². The van der Waals surface area contributed by atoms with Crippen LogP contribution >= 0.6 is 0 Å². The van der Waals surface area contributed by atoms with Gasteiger partial charge in [0.15, 0.2) is 0 Å². The van der Waals surface area contributed by atoms with Gasteiger partial charge in [0, 0.05) is 12.1 Å². The zero-order valence-corrected chi connectivity index (χ0v) is 15.1. The van der Waals surface area contributed by atoms with E-state index >= 15 is 0 Å². The van der Waals surface area contributed by atoms with Crippen LogP contribution in [0.3, 0.4) is 0 Å². The van der Waals surface area contributed by atoms with E-state index in [1.54, 1.807) is 27.7 Å². The highest BCUT2D eigenvalue weighted by Crippen LogP contribution is 2.15. The summed E-state index contributed by atoms with van der Waals surface area (Å²) in [5, 5.41) is 13.3. The number of amides is 1. The topological polar surface area (TPSA) is 108 Å². The van der Waals surface area contributed by atoms with Crippen LogP contribution < -0.4 is 5.32 Å². The van der Waals surface area contributed by atoms with Crippen LogP contribution in [0.15, 0.2) is 24.3 Å². The summed E-state index contributed by atoms with van der Waals surface area (Å²) in [4.78, 5) is 34.1. The maximum absolute atomic E-state index is 12.1. The number of nitrogens with zero attached hydrogens (tertiary/aromatic N) is 1. The highest BCUT2D eigenvalue weighted by molar-refractivity contribution is 5.89. The van der Waals surface area contributed by atoms with Crippen molar-refractivity contribution in [1.29, 1.82) is 0 Å². The smallest absolute Gasteiger partial charge is 0.408 e. The van der Waals surface area contributed by atoms with Gasteiger partial charge in [-0.05, 0) is 46.2 Å². The molecular formula is C17H24N2O6. The summed E-state index contributed by atoms with van der Waals surface area (Å²) >= 11 is 0. The van der Waals surface area contributed by atoms with Crippen LogP contribution in [-0.4, -0.2) is 34.7 Å². The van der Waals surface area contributed by atoms with Crippen molar-refractivity contribution in [2.75, 3.05) is 0 Å². The first-order valence-corrected chi connectivity index (χ1v) is 7.98. The summed E-state index contributed by atoms with van der Waals surface area (Å²) in [6, 6.07) is 4.71. The van der Waals surface area contributed by atoms with Crippen LogP contribution in [0.25, 0.3) is 0 Å². The fourth-order valence-corrected chi connectivity index (χ4v) is 2.05. The second-order valence-corrected chi connectivity index (χ2v) is 6.58. The second-order valence-electron chi connectivity index (χ2n) is 6.58. The number of hydrogen-bond acceptors (Lipinski definition) is 6. The van der Waals surface area contributed by atoms with Crippen molar-refractivity contribution >= 4 is 17.7 Å². The molecule has 0 heterocycles. The number of nitrogens with one attached hydrogen (secondary N) is 1. The van der Waals surface area contributed by atoms with Crippen LogP contribution in [0.5, 0.6) is 0 Å². The van der Waals surface area contributed by atoms with Crippen molar-refractivity contribution in [2.45, 2.75) is 58.8 Å². The van der Waals surface area contributed by atoms with E-state index in [0.29, 0.717) is 6.42 Å². The van der Waals surface area contributed by atoms with Crippen molar-refractivity contribution in [3.63, 3.8) is 0 Å². The number of nitro benzene ring substituents is 1. The Bertz CT molecular complexity index is 621. The lowest BCUT2D eigenvalue weighted by Gasteiger charge is -2.26. The van der Waals surface area contributed by atoms with Gasteiger partial charge in [0.25, 0.3) is 5.69 Å². The molecule has 0 saturated heterocycles. The summed E-state index contributed by atoms with van der Waals surface area (Å²) in [5.41, 5.74) is -0.534. The minimum atomic E-state index is -0.624. The van der Waals surface area contributed by atoms with E-state index in [1.807, 2.05) is 6.92 Å². The second kappa shape index (κ2) is 8.46. The Labute approximate surface area is 146 Å². The molecule has 0 aliphatic heterocycles. The number of nitro groups is 1. The molecule has 8 nitrogen and oxygen atoms in total. The molecule has 0 saturated carbocycles. The minimum absolute atomic E-state index is 0.109. The summed E-state index contributed by atoms with van der Waals surface area (Å²) in [5.74, 6) is -0.619. The van der Waals surface area contributed by atoms with E-state index in [1.165, 1.54) is 24.3 Å². The molecule has 0 radical (unpaired) electrons. The van der Waals surface area contributed by atoms with Gasteiger partial charge in [-0.3, -0.25) is 10.1 Å². The van der Waals surface area contributed by atoms with Gasteiger partial charge in [0.1, 0.15) is 11.7 Å². The molecule has 0 aliphatic carbocycles. The van der Waals surface area contributed by atoms with Crippen LogP contribution in [0.2, 0.25) is 0 Å². The first-order valence-electron chi connectivity index (χ1n) is 7.98. The van der Waals surface area contributed by atoms with E-state index in [-0.39, 0.29) is 11.3 Å². The van der Waals surface area contributed by atoms with Gasteiger partial charge >= 0.3 is 12.1 Å². The Morgan fingerprint density at radius 3 is 2.24 bits per heavy atom. The molecular weight excluding hydrogens is 328 g/mol. The van der Waals surface area contributed by atoms with Gasteiger partial charge < -0.3 is 14.8 Å². The Kier molecular flexibility index (Phi) is 6.90. The van der Waals surface area contributed by atoms with Crippen molar-refractivity contribution in [1.82, 2.24) is 5.32 Å². The van der Waals surface area contributed by atoms with E-state index in [2.05, 4.69) is 5.32 Å². The van der Waals surface area contributed by atoms with E-state index in [0.717, 1.165) is 0 Å². The van der Waals surface area contributed by atoms with Gasteiger partial charge in [0.05, 0.1) is 16.5 Å². The molecule has 0 spiro atoms. The highest BCUT2D eigenvalue weighted by atomic mass is 16.6. The maximum atomic E-state index is 12.1. The standard InChI is InChI=1S/C17H24N2O6/c1-6-14(18-16(21)25-17(3,4)5)11(2)24-15(20)12-7-9-13(10-8-12)19(22)23/h7-11,14H,6H2,1-5H3,(H,18,21). The monoisotopic (exact) mass is 352 g/mol. The molecule has 1 rings (SSSR count). The van der Waals surface area contributed by atoms with Gasteiger partial charge in [-0.1, -0.05) is 6.92 Å². The van der Waals surface area contributed by atoms with Crippen molar-refractivity contribution in [3.8, 4) is 0 Å². The largest absolute Gasteiger partial charge is 0.457 e. The molecule has 2 unspecified atom stereocenters. The molecule has 8 heteroatoms. The number of non-ortho nitro benzene ring substituents is 1. The average Bonchev–Trinajstić information content (AvgIpc) is 2.50. The lowest BCUT2D eigenvalue weighted by Crippen LogP contribution is -2.45. The van der Waals surface area contributed by atoms with Crippen LogP contribution in [0.4, 0.5) is 10.5 Å². The molecule has 0 aliphatic rings. The average molecular weight is 352 g/mol. The quantitative estimate of drug-likeness (QED) is 0.477. The minimum Gasteiger partial charge on any atom is -0.457 e. The van der Waals surface area contributed by atoms with Gasteiger partial charge in [-0.15, -0.1) is 0 Å². The molecule has 2 atom stereocenters. The Morgan fingerprint density at radius 2 is 1.80 bits per heavy atom. The molecule has 0 fully saturated rings. The van der Waals surface area contributed by atoms with Gasteiger partial charge in [-0.2, -0.15) is 0 Å². The molecule has 1 amide bonds. The molecule has 1 aromatic carbocycles. The fourth-order valence-electron chi connectivity index (χ4n) is 2.05. The predicted molar refractivity (Wildman–Crippen MR) is 91.4 cm³/mol. The summed E-state index contributed by atoms with van der Waals surface area (Å²) in [6.07, 6.45) is -0.647. The Hall–Kier alpha value is -2.64. The molecule has 1 aromatic rings. The number of carbonyl (C=O) groups excluding carboxylic acids is 2. The predicted octanol–water partition coefficient (Wildman–Crippen LogP) is 3.44. The first-order chi connectivity index (χ1) is 11.5. The number of ether oxygens (including phenoxy) is 2. The molecule has 138 valence electrons. The van der Waals surface area contributed by atoms with Crippen molar-refractivity contribution < 1.29 is 24.0 Å². The van der Waals surface area contributed by atoms with Gasteiger partial charge in [0.2, 0.25) is 0 Å². The summed E-state index contributed by atoms with van der Waals surface area (Å²) < 4.78 is 10.5. The molecule has 25 heavy (non-hydrogen) atoms. The number of alkyl carbamates (subject to hydrolysis) is 1. The third kappa shape index (κ3) is 6.78. The summed E-state index contributed by atoms with van der Waals surface area (Å²) in [6.45, 7) is 8.77. The van der Waals surface area contributed by atoms with E-state index in [9.17, 15) is 19.7 Å². The third-order valence-electron chi connectivity index (χ3n) is 3.32. The van der Waals surface area contributed by atoms with E-state index in [4.69, 9.17) is 9.47 Å². The lowest BCUT2D eigenvalue weighted by atomic mass is 10.1. The highest BCUT2D eigenvalue weighted by Gasteiger charge is 2.25. The van der Waals surface area contributed by atoms with Crippen LogP contribution in [-0.2, 0) is 9.47 Å². The third-order valence-corrected chi connectivity index (χ3v) is 3.32.